The molecule has 1 aliphatic rings. The normalized spacial score (nSPS) is 14.2. The van der Waals surface area contributed by atoms with Gasteiger partial charge in [-0.05, 0) is 6.07 Å². The molecular formula is C10H14N4O4. The van der Waals surface area contributed by atoms with Gasteiger partial charge in [0.15, 0.2) is 0 Å². The zero-order valence-electron chi connectivity index (χ0n) is 9.67. The summed E-state index contributed by atoms with van der Waals surface area (Å²) in [6.07, 6.45) is 0. The number of nitro benzene ring substituents is 2. The predicted octanol–water partition coefficient (Wildman–Crippen LogP) is 0.682. The first kappa shape index (κ1) is 14.0. The third-order valence-electron chi connectivity index (χ3n) is 2.21. The minimum atomic E-state index is -0.674. The first-order valence-electron chi connectivity index (χ1n) is 5.41. The second-order valence-electron chi connectivity index (χ2n) is 3.53. The summed E-state index contributed by atoms with van der Waals surface area (Å²) >= 11 is 0. The van der Waals surface area contributed by atoms with Crippen LogP contribution in [0.25, 0.3) is 0 Å². The lowest BCUT2D eigenvalue weighted by Crippen LogP contribution is -2.39. The molecular weight excluding hydrogens is 240 g/mol. The average molecular weight is 254 g/mol. The van der Waals surface area contributed by atoms with Crippen LogP contribution >= 0.6 is 0 Å². The van der Waals surface area contributed by atoms with Gasteiger partial charge >= 0.3 is 0 Å². The van der Waals surface area contributed by atoms with Gasteiger partial charge in [0.25, 0.3) is 11.4 Å². The Labute approximate surface area is 103 Å². The summed E-state index contributed by atoms with van der Waals surface area (Å²) in [5.41, 5.74) is -0.548. The van der Waals surface area contributed by atoms with Gasteiger partial charge in [0, 0.05) is 38.3 Å². The van der Waals surface area contributed by atoms with Gasteiger partial charge in [-0.3, -0.25) is 20.2 Å². The van der Waals surface area contributed by atoms with Gasteiger partial charge in [-0.1, -0.05) is 0 Å². The van der Waals surface area contributed by atoms with Gasteiger partial charge < -0.3 is 10.6 Å². The van der Waals surface area contributed by atoms with Gasteiger partial charge in [0.1, 0.15) is 0 Å². The predicted molar refractivity (Wildman–Crippen MR) is 65.5 cm³/mol. The largest absolute Gasteiger partial charge is 0.314 e. The van der Waals surface area contributed by atoms with E-state index in [0.29, 0.717) is 0 Å². The van der Waals surface area contributed by atoms with Gasteiger partial charge in [0.05, 0.1) is 15.9 Å². The Balaban J connectivity index is 0.000000225. The van der Waals surface area contributed by atoms with Crippen molar-refractivity contribution in [1.29, 1.82) is 0 Å². The van der Waals surface area contributed by atoms with Crippen LogP contribution in [0, 0.1) is 20.2 Å². The van der Waals surface area contributed by atoms with Gasteiger partial charge in [-0.15, -0.1) is 0 Å². The maximum atomic E-state index is 10.2. The van der Waals surface area contributed by atoms with E-state index >= 15 is 0 Å². The lowest BCUT2D eigenvalue weighted by Gasteiger charge is -2.11. The number of benzene rings is 1. The van der Waals surface area contributed by atoms with E-state index in [0.717, 1.165) is 32.2 Å². The molecule has 0 aromatic heterocycles. The van der Waals surface area contributed by atoms with E-state index in [1.807, 2.05) is 0 Å². The van der Waals surface area contributed by atoms with Crippen molar-refractivity contribution >= 4 is 11.4 Å². The molecule has 8 heteroatoms. The van der Waals surface area contributed by atoms with E-state index < -0.39 is 9.85 Å². The van der Waals surface area contributed by atoms with Crippen LogP contribution in [0.5, 0.6) is 0 Å². The number of rotatable bonds is 2. The maximum absolute atomic E-state index is 10.2. The summed E-state index contributed by atoms with van der Waals surface area (Å²) in [7, 11) is 0. The number of nitrogens with zero attached hydrogens (tertiary/aromatic N) is 2. The van der Waals surface area contributed by atoms with Crippen molar-refractivity contribution in [1.82, 2.24) is 10.6 Å². The van der Waals surface area contributed by atoms with Crippen LogP contribution in [-0.4, -0.2) is 36.0 Å². The highest BCUT2D eigenvalue weighted by Gasteiger charge is 2.11. The van der Waals surface area contributed by atoms with E-state index in [1.54, 1.807) is 0 Å². The standard InChI is InChI=1S/C6H4N2O4.C4H10N2/c9-7(10)5-2-1-3-6(4-5)8(11)12;1-2-6-4-3-5-1/h1-4H;5-6H,1-4H2. The minimum absolute atomic E-state index is 0.274. The Morgan fingerprint density at radius 3 is 1.56 bits per heavy atom. The van der Waals surface area contributed by atoms with Crippen molar-refractivity contribution in [2.75, 3.05) is 26.2 Å². The van der Waals surface area contributed by atoms with E-state index in [-0.39, 0.29) is 11.4 Å². The smallest absolute Gasteiger partial charge is 0.276 e. The van der Waals surface area contributed by atoms with Crippen molar-refractivity contribution in [3.8, 4) is 0 Å². The van der Waals surface area contributed by atoms with Gasteiger partial charge in [-0.25, -0.2) is 0 Å². The van der Waals surface area contributed by atoms with E-state index in [1.165, 1.54) is 18.2 Å². The molecule has 0 unspecified atom stereocenters. The monoisotopic (exact) mass is 254 g/mol. The van der Waals surface area contributed by atoms with E-state index in [9.17, 15) is 20.2 Å². The molecule has 1 aromatic carbocycles. The molecule has 98 valence electrons. The molecule has 0 radical (unpaired) electrons. The van der Waals surface area contributed by atoms with Crippen LogP contribution in [0.2, 0.25) is 0 Å². The molecule has 0 spiro atoms. The molecule has 18 heavy (non-hydrogen) atoms. The fourth-order valence-corrected chi connectivity index (χ4v) is 1.32. The summed E-state index contributed by atoms with van der Waals surface area (Å²) in [4.78, 5) is 19.0. The fourth-order valence-electron chi connectivity index (χ4n) is 1.32. The summed E-state index contributed by atoms with van der Waals surface area (Å²) in [6, 6.07) is 4.59. The van der Waals surface area contributed by atoms with Crippen molar-refractivity contribution < 1.29 is 9.85 Å². The fraction of sp³-hybridized carbons (Fsp3) is 0.400. The minimum Gasteiger partial charge on any atom is -0.314 e. The van der Waals surface area contributed by atoms with Gasteiger partial charge in [-0.2, -0.15) is 0 Å². The van der Waals surface area contributed by atoms with Crippen LogP contribution < -0.4 is 10.6 Å². The lowest BCUT2D eigenvalue weighted by molar-refractivity contribution is -0.394. The van der Waals surface area contributed by atoms with Crippen LogP contribution in [0.1, 0.15) is 0 Å². The summed E-state index contributed by atoms with van der Waals surface area (Å²) < 4.78 is 0. The Kier molecular flexibility index (Phi) is 5.68. The molecule has 0 saturated carbocycles. The summed E-state index contributed by atoms with van der Waals surface area (Å²) in [5, 5.41) is 26.8. The molecule has 1 fully saturated rings. The number of nitrogens with one attached hydrogen (secondary N) is 2. The zero-order valence-corrected chi connectivity index (χ0v) is 9.67. The van der Waals surface area contributed by atoms with E-state index in [2.05, 4.69) is 10.6 Å². The topological polar surface area (TPSA) is 110 Å². The quantitative estimate of drug-likeness (QED) is 0.593. The molecule has 1 aromatic rings. The number of non-ortho nitro benzene ring substituents is 2. The molecule has 2 rings (SSSR count). The van der Waals surface area contributed by atoms with E-state index in [4.69, 9.17) is 0 Å². The summed E-state index contributed by atoms with van der Waals surface area (Å²) in [6.45, 7) is 4.56. The van der Waals surface area contributed by atoms with Crippen molar-refractivity contribution in [3.63, 3.8) is 0 Å². The van der Waals surface area contributed by atoms with Crippen LogP contribution in [0.4, 0.5) is 11.4 Å². The average Bonchev–Trinajstić information content (AvgIpc) is 2.41. The molecule has 0 aliphatic carbocycles. The molecule has 1 saturated heterocycles. The Morgan fingerprint density at radius 1 is 0.889 bits per heavy atom. The van der Waals surface area contributed by atoms with Crippen molar-refractivity contribution in [3.05, 3.63) is 44.5 Å². The van der Waals surface area contributed by atoms with Crippen LogP contribution in [0.3, 0.4) is 0 Å². The number of nitro groups is 2. The van der Waals surface area contributed by atoms with Crippen LogP contribution in [-0.2, 0) is 0 Å². The first-order valence-corrected chi connectivity index (χ1v) is 5.41. The molecule has 8 nitrogen and oxygen atoms in total. The maximum Gasteiger partial charge on any atom is 0.276 e. The molecule has 0 bridgehead atoms. The lowest BCUT2D eigenvalue weighted by atomic mass is 10.3. The number of piperazine rings is 1. The highest BCUT2D eigenvalue weighted by atomic mass is 16.6. The Hall–Kier alpha value is -2.06. The van der Waals surface area contributed by atoms with Gasteiger partial charge in [0.2, 0.25) is 0 Å². The SMILES string of the molecule is C1CNCCN1.O=[N+]([O-])c1cccc([N+](=O)[O-])c1. The highest BCUT2D eigenvalue weighted by Crippen LogP contribution is 2.18. The third-order valence-corrected chi connectivity index (χ3v) is 2.21. The van der Waals surface area contributed by atoms with Crippen molar-refractivity contribution in [2.45, 2.75) is 0 Å². The molecule has 0 atom stereocenters. The van der Waals surface area contributed by atoms with Crippen LogP contribution in [0.15, 0.2) is 24.3 Å². The Morgan fingerprint density at radius 2 is 1.28 bits per heavy atom. The first-order chi connectivity index (χ1) is 8.61. The second kappa shape index (κ2) is 7.30. The number of hydrogen-bond acceptors (Lipinski definition) is 6. The summed E-state index contributed by atoms with van der Waals surface area (Å²) in [5.74, 6) is 0. The number of hydrogen-bond donors (Lipinski definition) is 2. The molecule has 0 amide bonds. The zero-order chi connectivity index (χ0) is 13.4. The molecule has 2 N–H and O–H groups in total. The molecule has 1 aliphatic heterocycles. The Bertz CT molecular complexity index is 379. The second-order valence-corrected chi connectivity index (χ2v) is 3.53. The molecule has 1 heterocycles. The highest BCUT2D eigenvalue weighted by molar-refractivity contribution is 5.42. The third kappa shape index (κ3) is 4.85. The van der Waals surface area contributed by atoms with Crippen molar-refractivity contribution in [2.24, 2.45) is 0 Å².